The number of halogens is 1. The Bertz CT molecular complexity index is 1110. The van der Waals surface area contributed by atoms with Crippen molar-refractivity contribution in [2.24, 2.45) is 0 Å². The van der Waals surface area contributed by atoms with Gasteiger partial charge in [0, 0.05) is 17.6 Å². The van der Waals surface area contributed by atoms with Crippen LogP contribution in [0.2, 0.25) is 5.02 Å². The van der Waals surface area contributed by atoms with Crippen molar-refractivity contribution in [3.63, 3.8) is 0 Å². The maximum atomic E-state index is 12.5. The first-order valence-electron chi connectivity index (χ1n) is 8.84. The summed E-state index contributed by atoms with van der Waals surface area (Å²) in [6.07, 6.45) is 0. The summed E-state index contributed by atoms with van der Waals surface area (Å²) < 4.78 is 31.1. The first-order chi connectivity index (χ1) is 14.3. The minimum absolute atomic E-state index is 0.0570. The number of likely N-dealkylation sites (N-methyl/N-ethyl adjacent to an activating group) is 1. The van der Waals surface area contributed by atoms with E-state index in [1.165, 1.54) is 31.3 Å². The van der Waals surface area contributed by atoms with Gasteiger partial charge in [-0.15, -0.1) is 0 Å². The molecule has 0 saturated carbocycles. The van der Waals surface area contributed by atoms with Crippen LogP contribution in [0.3, 0.4) is 0 Å². The van der Waals surface area contributed by atoms with Gasteiger partial charge in [-0.25, -0.2) is 13.4 Å². The Labute approximate surface area is 179 Å². The molecule has 0 aliphatic carbocycles. The van der Waals surface area contributed by atoms with Crippen molar-refractivity contribution in [2.45, 2.75) is 11.4 Å². The lowest BCUT2D eigenvalue weighted by molar-refractivity contribution is -0.121. The van der Waals surface area contributed by atoms with Gasteiger partial charge in [0.15, 0.2) is 5.82 Å². The third-order valence-electron chi connectivity index (χ3n) is 4.22. The highest BCUT2D eigenvalue weighted by Gasteiger charge is 2.23. The van der Waals surface area contributed by atoms with E-state index in [9.17, 15) is 13.2 Å². The molecule has 2 aromatic carbocycles. The molecule has 0 bridgehead atoms. The zero-order valence-corrected chi connectivity index (χ0v) is 17.9. The zero-order valence-electron chi connectivity index (χ0n) is 16.3. The van der Waals surface area contributed by atoms with Gasteiger partial charge in [0.1, 0.15) is 11.6 Å². The number of sulfonamides is 1. The zero-order chi connectivity index (χ0) is 21.7. The first kappa shape index (κ1) is 21.8. The smallest absolute Gasteiger partial charge is 0.243 e. The van der Waals surface area contributed by atoms with Crippen molar-refractivity contribution in [1.82, 2.24) is 24.8 Å². The normalized spacial score (nSPS) is 11.5. The molecule has 0 aliphatic rings. The number of carbonyl (C=O) groups is 1. The number of aromatic amines is 1. The van der Waals surface area contributed by atoms with Gasteiger partial charge in [0.2, 0.25) is 15.9 Å². The van der Waals surface area contributed by atoms with Crippen LogP contribution in [0.25, 0.3) is 11.4 Å². The molecule has 1 aromatic heterocycles. The van der Waals surface area contributed by atoms with Crippen molar-refractivity contribution in [2.75, 3.05) is 20.7 Å². The third-order valence-corrected chi connectivity index (χ3v) is 6.29. The number of benzene rings is 2. The predicted octanol–water partition coefficient (Wildman–Crippen LogP) is 2.07. The average molecular weight is 450 g/mol. The molecular formula is C19H20ClN5O4S. The molecule has 3 aromatic rings. The van der Waals surface area contributed by atoms with Gasteiger partial charge in [-0.1, -0.05) is 11.6 Å². The van der Waals surface area contributed by atoms with Crippen molar-refractivity contribution in [1.29, 1.82) is 0 Å². The number of nitrogens with one attached hydrogen (secondary N) is 2. The third kappa shape index (κ3) is 5.15. The minimum Gasteiger partial charge on any atom is -0.497 e. The molecule has 158 valence electrons. The quantitative estimate of drug-likeness (QED) is 0.543. The minimum atomic E-state index is -3.80. The molecule has 0 aliphatic heterocycles. The Hall–Kier alpha value is -2.95. The molecule has 0 atom stereocenters. The van der Waals surface area contributed by atoms with E-state index in [1.807, 2.05) is 12.1 Å². The van der Waals surface area contributed by atoms with Gasteiger partial charge in [0.05, 0.1) is 25.1 Å². The highest BCUT2D eigenvalue weighted by molar-refractivity contribution is 7.89. The topological polar surface area (TPSA) is 117 Å². The summed E-state index contributed by atoms with van der Waals surface area (Å²) in [4.78, 5) is 16.6. The number of rotatable bonds is 8. The lowest BCUT2D eigenvalue weighted by Gasteiger charge is -2.16. The number of hydrogen-bond donors (Lipinski definition) is 2. The maximum absolute atomic E-state index is 12.5. The molecular weight excluding hydrogens is 430 g/mol. The van der Waals surface area contributed by atoms with Crippen molar-refractivity contribution < 1.29 is 17.9 Å². The van der Waals surface area contributed by atoms with Crippen molar-refractivity contribution in [3.8, 4) is 17.1 Å². The van der Waals surface area contributed by atoms with Crippen LogP contribution >= 0.6 is 11.6 Å². The van der Waals surface area contributed by atoms with E-state index < -0.39 is 15.9 Å². The second-order valence-corrected chi connectivity index (χ2v) is 8.81. The number of amides is 1. The second-order valence-electron chi connectivity index (χ2n) is 6.33. The number of nitrogens with zero attached hydrogens (tertiary/aromatic N) is 3. The lowest BCUT2D eigenvalue weighted by atomic mass is 10.2. The Kier molecular flexibility index (Phi) is 6.70. The SMILES string of the molecule is COc1ccc(-c2n[nH]c(CNC(=O)CN(C)S(=O)(=O)c3ccc(Cl)cc3)n2)cc1. The predicted molar refractivity (Wildman–Crippen MR) is 111 cm³/mol. The lowest BCUT2D eigenvalue weighted by Crippen LogP contribution is -2.38. The van der Waals surface area contributed by atoms with E-state index >= 15 is 0 Å². The summed E-state index contributed by atoms with van der Waals surface area (Å²) in [5.74, 6) is 1.17. The molecule has 0 fully saturated rings. The highest BCUT2D eigenvalue weighted by Crippen LogP contribution is 2.19. The van der Waals surface area contributed by atoms with Crippen LogP contribution in [0.1, 0.15) is 5.82 Å². The summed E-state index contributed by atoms with van der Waals surface area (Å²) in [7, 11) is -0.886. The Morgan fingerprint density at radius 2 is 1.83 bits per heavy atom. The van der Waals surface area contributed by atoms with E-state index in [-0.39, 0.29) is 18.0 Å². The fourth-order valence-electron chi connectivity index (χ4n) is 2.56. The van der Waals surface area contributed by atoms with Crippen LogP contribution in [0.5, 0.6) is 5.75 Å². The Morgan fingerprint density at radius 3 is 2.47 bits per heavy atom. The molecule has 0 unspecified atom stereocenters. The Balaban J connectivity index is 1.56. The van der Waals surface area contributed by atoms with Crippen LogP contribution in [-0.4, -0.2) is 54.5 Å². The highest BCUT2D eigenvalue weighted by atomic mass is 35.5. The largest absolute Gasteiger partial charge is 0.497 e. The van der Waals surface area contributed by atoms with Crippen LogP contribution in [0, 0.1) is 0 Å². The van der Waals surface area contributed by atoms with E-state index in [0.29, 0.717) is 16.7 Å². The molecule has 9 nitrogen and oxygen atoms in total. The molecule has 11 heteroatoms. The molecule has 0 saturated heterocycles. The molecule has 2 N–H and O–H groups in total. The van der Waals surface area contributed by atoms with Gasteiger partial charge < -0.3 is 10.1 Å². The van der Waals surface area contributed by atoms with Gasteiger partial charge >= 0.3 is 0 Å². The van der Waals surface area contributed by atoms with E-state index in [0.717, 1.165) is 15.6 Å². The molecule has 30 heavy (non-hydrogen) atoms. The van der Waals surface area contributed by atoms with E-state index in [4.69, 9.17) is 16.3 Å². The number of hydrogen-bond acceptors (Lipinski definition) is 6. The summed E-state index contributed by atoms with van der Waals surface area (Å²) >= 11 is 5.79. The molecule has 0 radical (unpaired) electrons. The van der Waals surface area contributed by atoms with Crippen molar-refractivity contribution >= 4 is 27.5 Å². The van der Waals surface area contributed by atoms with Crippen LogP contribution in [-0.2, 0) is 21.4 Å². The molecule has 3 rings (SSSR count). The molecule has 1 amide bonds. The Morgan fingerprint density at radius 1 is 1.17 bits per heavy atom. The van der Waals surface area contributed by atoms with E-state index in [1.54, 1.807) is 19.2 Å². The average Bonchev–Trinajstić information content (AvgIpc) is 3.21. The van der Waals surface area contributed by atoms with Gasteiger partial charge in [-0.3, -0.25) is 9.89 Å². The van der Waals surface area contributed by atoms with Crippen LogP contribution < -0.4 is 10.1 Å². The van der Waals surface area contributed by atoms with Crippen molar-refractivity contribution in [3.05, 3.63) is 59.4 Å². The van der Waals surface area contributed by atoms with Gasteiger partial charge in [-0.05, 0) is 48.5 Å². The fourth-order valence-corrected chi connectivity index (χ4v) is 3.81. The monoisotopic (exact) mass is 449 g/mol. The number of ether oxygens (including phenoxy) is 1. The van der Waals surface area contributed by atoms with Crippen LogP contribution in [0.4, 0.5) is 0 Å². The summed E-state index contributed by atoms with van der Waals surface area (Å²) in [5, 5.41) is 9.92. The summed E-state index contributed by atoms with van der Waals surface area (Å²) in [6, 6.07) is 13.0. The number of aromatic nitrogens is 3. The van der Waals surface area contributed by atoms with E-state index in [2.05, 4.69) is 20.5 Å². The summed E-state index contributed by atoms with van der Waals surface area (Å²) in [5.41, 5.74) is 0.790. The van der Waals surface area contributed by atoms with Gasteiger partial charge in [0.25, 0.3) is 0 Å². The standard InChI is InChI=1S/C19H20ClN5O4S/c1-25(30(27,28)16-9-5-14(20)6-10-16)12-18(26)21-11-17-22-19(24-23-17)13-3-7-15(29-2)8-4-13/h3-10H,11-12H2,1-2H3,(H,21,26)(H,22,23,24). The molecule has 1 heterocycles. The number of methoxy groups -OCH3 is 1. The van der Waals surface area contributed by atoms with Crippen LogP contribution in [0.15, 0.2) is 53.4 Å². The molecule has 0 spiro atoms. The number of H-pyrrole nitrogens is 1. The summed E-state index contributed by atoms with van der Waals surface area (Å²) in [6.45, 7) is -0.263. The number of carbonyl (C=O) groups excluding carboxylic acids is 1. The maximum Gasteiger partial charge on any atom is 0.243 e. The second kappa shape index (κ2) is 9.24. The fraction of sp³-hybridized carbons (Fsp3) is 0.211. The first-order valence-corrected chi connectivity index (χ1v) is 10.7. The van der Waals surface area contributed by atoms with Gasteiger partial charge in [-0.2, -0.15) is 9.40 Å².